The van der Waals surface area contributed by atoms with Gasteiger partial charge in [-0.2, -0.15) is 11.8 Å². The van der Waals surface area contributed by atoms with Crippen LogP contribution in [0.5, 0.6) is 0 Å². The third-order valence-corrected chi connectivity index (χ3v) is 5.29. The van der Waals surface area contributed by atoms with Crippen LogP contribution in [0.15, 0.2) is 22.7 Å². The molecule has 0 aliphatic carbocycles. The van der Waals surface area contributed by atoms with Crippen molar-refractivity contribution >= 4 is 38.7 Å². The van der Waals surface area contributed by atoms with Crippen molar-refractivity contribution in [3.05, 3.63) is 28.5 Å². The minimum atomic E-state index is 0.560. The van der Waals surface area contributed by atoms with Gasteiger partial charge < -0.3 is 9.88 Å². The predicted molar refractivity (Wildman–Crippen MR) is 90.5 cm³/mol. The molecule has 5 heteroatoms. The Morgan fingerprint density at radius 1 is 1.50 bits per heavy atom. The fourth-order valence-electron chi connectivity index (χ4n) is 2.75. The quantitative estimate of drug-likeness (QED) is 0.912. The van der Waals surface area contributed by atoms with Gasteiger partial charge in [-0.1, -0.05) is 22.9 Å². The minimum absolute atomic E-state index is 0.560. The summed E-state index contributed by atoms with van der Waals surface area (Å²) in [6.45, 7) is 4.39. The SMILES string of the molecule is CCCn1c(CC2CSCCN2)nc2cc(Br)ccc21. The van der Waals surface area contributed by atoms with Crippen LogP contribution in [0, 0.1) is 0 Å². The number of thioether (sulfide) groups is 1. The van der Waals surface area contributed by atoms with Gasteiger partial charge in [-0.05, 0) is 24.6 Å². The maximum Gasteiger partial charge on any atom is 0.111 e. The molecule has 3 nitrogen and oxygen atoms in total. The van der Waals surface area contributed by atoms with Gasteiger partial charge in [0.2, 0.25) is 0 Å². The van der Waals surface area contributed by atoms with Crippen LogP contribution < -0.4 is 5.32 Å². The van der Waals surface area contributed by atoms with Crippen molar-refractivity contribution in [3.63, 3.8) is 0 Å². The first kappa shape index (κ1) is 14.4. The maximum atomic E-state index is 4.87. The molecule has 1 atom stereocenters. The lowest BCUT2D eigenvalue weighted by Gasteiger charge is -2.23. The molecule has 1 aromatic heterocycles. The maximum absolute atomic E-state index is 4.87. The largest absolute Gasteiger partial charge is 0.328 e. The molecule has 1 aliphatic rings. The van der Waals surface area contributed by atoms with Crippen molar-refractivity contribution in [1.82, 2.24) is 14.9 Å². The van der Waals surface area contributed by atoms with E-state index in [2.05, 4.69) is 50.9 Å². The van der Waals surface area contributed by atoms with Crippen LogP contribution in [0.2, 0.25) is 0 Å². The number of aryl methyl sites for hydroxylation is 1. The molecule has 2 aromatic rings. The first-order valence-electron chi connectivity index (χ1n) is 7.23. The topological polar surface area (TPSA) is 29.9 Å². The van der Waals surface area contributed by atoms with E-state index in [0.29, 0.717) is 6.04 Å². The average Bonchev–Trinajstić information content (AvgIpc) is 2.77. The number of fused-ring (bicyclic) bond motifs is 1. The Kier molecular flexibility index (Phi) is 4.68. The second-order valence-corrected chi connectivity index (χ2v) is 7.31. The molecule has 108 valence electrons. The summed E-state index contributed by atoms with van der Waals surface area (Å²) < 4.78 is 3.49. The summed E-state index contributed by atoms with van der Waals surface area (Å²) in [6, 6.07) is 6.96. The molecule has 0 radical (unpaired) electrons. The highest BCUT2D eigenvalue weighted by Crippen LogP contribution is 2.23. The zero-order valence-corrected chi connectivity index (χ0v) is 14.1. The lowest BCUT2D eigenvalue weighted by atomic mass is 10.2. The van der Waals surface area contributed by atoms with Gasteiger partial charge in [0.15, 0.2) is 0 Å². The number of hydrogen-bond donors (Lipinski definition) is 1. The van der Waals surface area contributed by atoms with E-state index in [9.17, 15) is 0 Å². The summed E-state index contributed by atoms with van der Waals surface area (Å²) in [5.74, 6) is 3.65. The van der Waals surface area contributed by atoms with Crippen molar-refractivity contribution in [1.29, 1.82) is 0 Å². The van der Waals surface area contributed by atoms with E-state index in [1.807, 2.05) is 11.8 Å². The van der Waals surface area contributed by atoms with E-state index in [0.717, 1.165) is 35.9 Å². The molecular formula is C15H20BrN3S. The Labute approximate surface area is 132 Å². The molecular weight excluding hydrogens is 334 g/mol. The number of nitrogens with one attached hydrogen (secondary N) is 1. The van der Waals surface area contributed by atoms with Gasteiger partial charge in [0, 0.05) is 41.5 Å². The van der Waals surface area contributed by atoms with Gasteiger partial charge in [0.1, 0.15) is 5.82 Å². The second-order valence-electron chi connectivity index (χ2n) is 5.24. The van der Waals surface area contributed by atoms with E-state index in [-0.39, 0.29) is 0 Å². The molecule has 1 unspecified atom stereocenters. The van der Waals surface area contributed by atoms with Crippen LogP contribution in [0.4, 0.5) is 0 Å². The molecule has 1 N–H and O–H groups in total. The monoisotopic (exact) mass is 353 g/mol. The van der Waals surface area contributed by atoms with Crippen LogP contribution in [0.1, 0.15) is 19.2 Å². The highest BCUT2D eigenvalue weighted by Gasteiger charge is 2.18. The van der Waals surface area contributed by atoms with Crippen LogP contribution in [0.25, 0.3) is 11.0 Å². The summed E-state index contributed by atoms with van der Waals surface area (Å²) in [7, 11) is 0. The van der Waals surface area contributed by atoms with E-state index >= 15 is 0 Å². The van der Waals surface area contributed by atoms with E-state index in [4.69, 9.17) is 4.98 Å². The molecule has 1 aromatic carbocycles. The molecule has 3 rings (SSSR count). The molecule has 1 aliphatic heterocycles. The van der Waals surface area contributed by atoms with E-state index in [1.54, 1.807) is 0 Å². The number of halogens is 1. The first-order valence-corrected chi connectivity index (χ1v) is 9.18. The van der Waals surface area contributed by atoms with Gasteiger partial charge in [-0.15, -0.1) is 0 Å². The highest BCUT2D eigenvalue weighted by molar-refractivity contribution is 9.10. The van der Waals surface area contributed by atoms with Crippen molar-refractivity contribution in [2.45, 2.75) is 32.4 Å². The Morgan fingerprint density at radius 3 is 3.15 bits per heavy atom. The summed E-state index contributed by atoms with van der Waals surface area (Å²) >= 11 is 5.58. The number of aromatic nitrogens is 2. The average molecular weight is 354 g/mol. The van der Waals surface area contributed by atoms with Crippen molar-refractivity contribution < 1.29 is 0 Å². The van der Waals surface area contributed by atoms with Crippen LogP contribution in [0.3, 0.4) is 0 Å². The van der Waals surface area contributed by atoms with Gasteiger partial charge in [-0.25, -0.2) is 4.98 Å². The Balaban J connectivity index is 1.93. The number of nitrogens with zero attached hydrogens (tertiary/aromatic N) is 2. The number of benzene rings is 1. The molecule has 0 amide bonds. The summed E-state index contributed by atoms with van der Waals surface area (Å²) in [5, 5.41) is 3.61. The fourth-order valence-corrected chi connectivity index (χ4v) is 4.05. The third-order valence-electron chi connectivity index (χ3n) is 3.66. The molecule has 1 fully saturated rings. The predicted octanol–water partition coefficient (Wildman–Crippen LogP) is 3.46. The first-order chi connectivity index (χ1) is 9.78. The number of imidazole rings is 1. The Bertz CT molecular complexity index is 590. The molecule has 2 heterocycles. The molecule has 0 bridgehead atoms. The highest BCUT2D eigenvalue weighted by atomic mass is 79.9. The van der Waals surface area contributed by atoms with Crippen LogP contribution >= 0.6 is 27.7 Å². The van der Waals surface area contributed by atoms with Crippen molar-refractivity contribution in [3.8, 4) is 0 Å². The van der Waals surface area contributed by atoms with Gasteiger partial charge in [0.05, 0.1) is 11.0 Å². The second kappa shape index (κ2) is 6.50. The number of rotatable bonds is 4. The summed E-state index contributed by atoms with van der Waals surface area (Å²) in [6.07, 6.45) is 2.17. The van der Waals surface area contributed by atoms with E-state index < -0.39 is 0 Å². The van der Waals surface area contributed by atoms with Gasteiger partial charge >= 0.3 is 0 Å². The van der Waals surface area contributed by atoms with Crippen LogP contribution in [-0.4, -0.2) is 33.6 Å². The molecule has 20 heavy (non-hydrogen) atoms. The zero-order chi connectivity index (χ0) is 13.9. The van der Waals surface area contributed by atoms with Gasteiger partial charge in [-0.3, -0.25) is 0 Å². The smallest absolute Gasteiger partial charge is 0.111 e. The van der Waals surface area contributed by atoms with Gasteiger partial charge in [0.25, 0.3) is 0 Å². The Morgan fingerprint density at radius 2 is 2.40 bits per heavy atom. The lowest BCUT2D eigenvalue weighted by Crippen LogP contribution is -2.39. The fraction of sp³-hybridized carbons (Fsp3) is 0.533. The van der Waals surface area contributed by atoms with Crippen LogP contribution in [-0.2, 0) is 13.0 Å². The molecule has 0 spiro atoms. The summed E-state index contributed by atoms with van der Waals surface area (Å²) in [5.41, 5.74) is 2.36. The Hall–Kier alpha value is -0.520. The molecule has 1 saturated heterocycles. The van der Waals surface area contributed by atoms with Crippen molar-refractivity contribution in [2.75, 3.05) is 18.1 Å². The minimum Gasteiger partial charge on any atom is -0.328 e. The zero-order valence-electron chi connectivity index (χ0n) is 11.7. The normalized spacial score (nSPS) is 19.6. The molecule has 0 saturated carbocycles. The standard InChI is InChI=1S/C15H20BrN3S/c1-2-6-19-14-4-3-11(16)8-13(14)18-15(19)9-12-10-20-7-5-17-12/h3-4,8,12,17H,2,5-7,9-10H2,1H3. The van der Waals surface area contributed by atoms with Crippen molar-refractivity contribution in [2.24, 2.45) is 0 Å². The third kappa shape index (κ3) is 3.05. The lowest BCUT2D eigenvalue weighted by molar-refractivity contribution is 0.531. The van der Waals surface area contributed by atoms with E-state index in [1.165, 1.54) is 22.8 Å². The number of hydrogen-bond acceptors (Lipinski definition) is 3. The summed E-state index contributed by atoms with van der Waals surface area (Å²) in [4.78, 5) is 4.87.